The summed E-state index contributed by atoms with van der Waals surface area (Å²) in [5.74, 6) is 1.78. The van der Waals surface area contributed by atoms with E-state index in [4.69, 9.17) is 41.3 Å². The molecule has 31 heavy (non-hydrogen) atoms. The number of benzene rings is 2. The lowest BCUT2D eigenvalue weighted by molar-refractivity contribution is -0.121. The highest BCUT2D eigenvalue weighted by molar-refractivity contribution is 5.80. The van der Waals surface area contributed by atoms with Gasteiger partial charge in [0.15, 0.2) is 11.5 Å². The number of aliphatic hydroxyl groups excluding tert-OH is 1. The van der Waals surface area contributed by atoms with Gasteiger partial charge in [0.25, 0.3) is 0 Å². The molecule has 170 valence electrons. The summed E-state index contributed by atoms with van der Waals surface area (Å²) in [6, 6.07) is 8.45. The summed E-state index contributed by atoms with van der Waals surface area (Å²) in [4.78, 5) is 10.1. The van der Waals surface area contributed by atoms with Gasteiger partial charge in [-0.05, 0) is 42.3 Å². The third kappa shape index (κ3) is 7.40. The van der Waals surface area contributed by atoms with Crippen molar-refractivity contribution in [1.29, 1.82) is 0 Å². The Morgan fingerprint density at radius 3 is 1.77 bits per heavy atom. The Hall–Kier alpha value is -3.43. The van der Waals surface area contributed by atoms with Crippen molar-refractivity contribution in [3.05, 3.63) is 41.5 Å². The second-order valence-electron chi connectivity index (χ2n) is 6.46. The van der Waals surface area contributed by atoms with Crippen molar-refractivity contribution >= 4 is 23.7 Å². The van der Waals surface area contributed by atoms with E-state index in [2.05, 4.69) is 0 Å². The van der Waals surface area contributed by atoms with Crippen LogP contribution in [0, 0.1) is 0 Å². The first-order valence-corrected chi connectivity index (χ1v) is 9.33. The Morgan fingerprint density at radius 2 is 1.42 bits per heavy atom. The van der Waals surface area contributed by atoms with Gasteiger partial charge in [-0.2, -0.15) is 0 Å². The monoisotopic (exact) mass is 433 g/mol. The van der Waals surface area contributed by atoms with Crippen LogP contribution in [-0.4, -0.2) is 51.6 Å². The SMILES string of the molecule is COc1ccc(C=Cc2cc(OC)c(OC)c(OC)c2)cc1N.C[C@@H](O)[C@H](N)C(N)=O. The molecule has 0 aliphatic heterocycles. The van der Waals surface area contributed by atoms with Gasteiger partial charge in [0.2, 0.25) is 11.7 Å². The number of anilines is 1. The Kier molecular flexibility index (Phi) is 10.2. The van der Waals surface area contributed by atoms with Gasteiger partial charge < -0.3 is 41.3 Å². The fourth-order valence-electron chi connectivity index (χ4n) is 2.48. The number of primary amides is 1. The molecule has 0 spiro atoms. The number of amides is 1. The molecule has 0 radical (unpaired) electrons. The molecule has 9 heteroatoms. The van der Waals surface area contributed by atoms with E-state index in [9.17, 15) is 4.79 Å². The van der Waals surface area contributed by atoms with Gasteiger partial charge in [-0.25, -0.2) is 0 Å². The van der Waals surface area contributed by atoms with Crippen molar-refractivity contribution in [2.24, 2.45) is 11.5 Å². The van der Waals surface area contributed by atoms with Crippen LogP contribution in [0.25, 0.3) is 12.2 Å². The van der Waals surface area contributed by atoms with Crippen LogP contribution in [-0.2, 0) is 4.79 Å². The quantitative estimate of drug-likeness (QED) is 0.362. The molecular formula is C22H31N3O6. The summed E-state index contributed by atoms with van der Waals surface area (Å²) in [5, 5.41) is 8.57. The van der Waals surface area contributed by atoms with Crippen molar-refractivity contribution in [3.8, 4) is 23.0 Å². The molecule has 2 atom stereocenters. The van der Waals surface area contributed by atoms with Crippen LogP contribution in [0.3, 0.4) is 0 Å². The molecule has 2 rings (SSSR count). The fourth-order valence-corrected chi connectivity index (χ4v) is 2.48. The van der Waals surface area contributed by atoms with E-state index in [0.29, 0.717) is 28.7 Å². The molecule has 1 amide bonds. The zero-order valence-electron chi connectivity index (χ0n) is 18.4. The normalized spacial score (nSPS) is 12.4. The lowest BCUT2D eigenvalue weighted by Crippen LogP contribution is -2.44. The van der Waals surface area contributed by atoms with Crippen LogP contribution in [0.2, 0.25) is 0 Å². The Labute approximate surface area is 182 Å². The van der Waals surface area contributed by atoms with Crippen LogP contribution >= 0.6 is 0 Å². The van der Waals surface area contributed by atoms with E-state index >= 15 is 0 Å². The summed E-state index contributed by atoms with van der Waals surface area (Å²) in [6.45, 7) is 1.41. The van der Waals surface area contributed by atoms with Crippen molar-refractivity contribution < 1.29 is 28.8 Å². The summed E-state index contributed by atoms with van der Waals surface area (Å²) in [6.07, 6.45) is 3.05. The molecule has 0 bridgehead atoms. The minimum absolute atomic E-state index is 0.570. The molecule has 0 aliphatic rings. The highest BCUT2D eigenvalue weighted by Crippen LogP contribution is 2.38. The number of nitrogen functional groups attached to an aromatic ring is 1. The standard InChI is InChI=1S/C18H21NO4.C4H10N2O2/c1-20-15-8-7-12(9-14(15)19)5-6-13-10-16(21-2)18(23-4)17(11-13)22-3;1-2(7)3(5)4(6)8/h5-11H,19H2,1-4H3;2-3,7H,5H2,1H3,(H2,6,8)/t;2-,3+/m.1/s1. The molecule has 0 aliphatic carbocycles. The predicted molar refractivity (Wildman–Crippen MR) is 121 cm³/mol. The van der Waals surface area contributed by atoms with E-state index in [1.807, 2.05) is 42.5 Å². The van der Waals surface area contributed by atoms with Gasteiger partial charge in [0.05, 0.1) is 40.2 Å². The minimum atomic E-state index is -0.935. The number of hydrogen-bond acceptors (Lipinski definition) is 8. The van der Waals surface area contributed by atoms with Crippen molar-refractivity contribution in [3.63, 3.8) is 0 Å². The minimum Gasteiger partial charge on any atom is -0.495 e. The van der Waals surface area contributed by atoms with Crippen LogP contribution < -0.4 is 36.1 Å². The predicted octanol–water partition coefficient (Wildman–Crippen LogP) is 1.65. The second-order valence-corrected chi connectivity index (χ2v) is 6.46. The molecule has 0 aromatic heterocycles. The molecule has 0 heterocycles. The maximum atomic E-state index is 10.1. The third-order valence-corrected chi connectivity index (χ3v) is 4.26. The highest BCUT2D eigenvalue weighted by atomic mass is 16.5. The van der Waals surface area contributed by atoms with Crippen molar-refractivity contribution in [2.45, 2.75) is 19.1 Å². The summed E-state index contributed by atoms with van der Waals surface area (Å²) < 4.78 is 21.2. The Morgan fingerprint density at radius 1 is 0.903 bits per heavy atom. The maximum Gasteiger partial charge on any atom is 0.237 e. The number of carbonyl (C=O) groups is 1. The van der Waals surface area contributed by atoms with E-state index in [1.54, 1.807) is 28.4 Å². The first-order chi connectivity index (χ1) is 14.7. The number of ether oxygens (including phenoxy) is 4. The van der Waals surface area contributed by atoms with Crippen LogP contribution in [0.15, 0.2) is 30.3 Å². The number of rotatable bonds is 8. The molecule has 7 N–H and O–H groups in total. The molecule has 0 saturated carbocycles. The zero-order chi connectivity index (χ0) is 23.6. The first kappa shape index (κ1) is 25.6. The average molecular weight is 434 g/mol. The second kappa shape index (κ2) is 12.3. The van der Waals surface area contributed by atoms with Crippen molar-refractivity contribution in [1.82, 2.24) is 0 Å². The lowest BCUT2D eigenvalue weighted by atomic mass is 10.1. The molecule has 0 unspecified atom stereocenters. The molecule has 2 aromatic rings. The molecular weight excluding hydrogens is 402 g/mol. The van der Waals surface area contributed by atoms with E-state index in [-0.39, 0.29) is 0 Å². The van der Waals surface area contributed by atoms with Gasteiger partial charge >= 0.3 is 0 Å². The van der Waals surface area contributed by atoms with E-state index in [1.165, 1.54) is 6.92 Å². The number of hydrogen-bond donors (Lipinski definition) is 4. The fraction of sp³-hybridized carbons (Fsp3) is 0.318. The smallest absolute Gasteiger partial charge is 0.237 e. The molecule has 9 nitrogen and oxygen atoms in total. The van der Waals surface area contributed by atoms with Crippen LogP contribution in [0.4, 0.5) is 5.69 Å². The topological polar surface area (TPSA) is 152 Å². The molecule has 2 aromatic carbocycles. The third-order valence-electron chi connectivity index (χ3n) is 4.26. The number of nitrogens with two attached hydrogens (primary N) is 3. The van der Waals surface area contributed by atoms with Crippen LogP contribution in [0.1, 0.15) is 18.1 Å². The summed E-state index contributed by atoms with van der Waals surface area (Å²) in [5.41, 5.74) is 18.2. The van der Waals surface area contributed by atoms with E-state index < -0.39 is 18.1 Å². The number of aliphatic hydroxyl groups is 1. The van der Waals surface area contributed by atoms with Gasteiger partial charge in [0.1, 0.15) is 11.8 Å². The highest BCUT2D eigenvalue weighted by Gasteiger charge is 2.14. The van der Waals surface area contributed by atoms with Crippen LogP contribution in [0.5, 0.6) is 23.0 Å². The number of carbonyl (C=O) groups excluding carboxylic acids is 1. The molecule has 0 saturated heterocycles. The average Bonchev–Trinajstić information content (AvgIpc) is 2.76. The molecule has 0 fully saturated rings. The van der Waals surface area contributed by atoms with Gasteiger partial charge in [-0.1, -0.05) is 18.2 Å². The largest absolute Gasteiger partial charge is 0.495 e. The lowest BCUT2D eigenvalue weighted by Gasteiger charge is -2.12. The summed E-state index contributed by atoms with van der Waals surface area (Å²) in [7, 11) is 6.36. The summed E-state index contributed by atoms with van der Waals surface area (Å²) >= 11 is 0. The van der Waals surface area contributed by atoms with Gasteiger partial charge in [0, 0.05) is 0 Å². The Balaban J connectivity index is 0.000000512. The zero-order valence-corrected chi connectivity index (χ0v) is 18.4. The van der Waals surface area contributed by atoms with E-state index in [0.717, 1.165) is 11.1 Å². The van der Waals surface area contributed by atoms with Gasteiger partial charge in [-0.3, -0.25) is 4.79 Å². The maximum absolute atomic E-state index is 10.1. The number of methoxy groups -OCH3 is 4. The Bertz CT molecular complexity index is 874. The van der Waals surface area contributed by atoms with Crippen molar-refractivity contribution in [2.75, 3.05) is 34.2 Å². The first-order valence-electron chi connectivity index (χ1n) is 9.33. The van der Waals surface area contributed by atoms with Gasteiger partial charge in [-0.15, -0.1) is 0 Å².